The summed E-state index contributed by atoms with van der Waals surface area (Å²) in [4.78, 5) is 0. The molecule has 2 N–H and O–H groups in total. The lowest BCUT2D eigenvalue weighted by Crippen LogP contribution is -2.09. The van der Waals surface area contributed by atoms with Gasteiger partial charge >= 0.3 is 0 Å². The second-order valence-corrected chi connectivity index (χ2v) is 6.03. The van der Waals surface area contributed by atoms with E-state index in [1.807, 2.05) is 0 Å². The van der Waals surface area contributed by atoms with Crippen molar-refractivity contribution in [1.29, 1.82) is 0 Å². The molecule has 1 saturated carbocycles. The van der Waals surface area contributed by atoms with Crippen LogP contribution in [-0.4, -0.2) is 6.54 Å². The molecule has 0 unspecified atom stereocenters. The summed E-state index contributed by atoms with van der Waals surface area (Å²) in [7, 11) is 0. The van der Waals surface area contributed by atoms with Crippen molar-refractivity contribution in [2.75, 3.05) is 6.54 Å². The molecule has 72 valence electrons. The molecule has 0 bridgehead atoms. The van der Waals surface area contributed by atoms with Crippen LogP contribution in [0.5, 0.6) is 0 Å². The van der Waals surface area contributed by atoms with E-state index in [2.05, 4.69) is 34.6 Å². The average Bonchev–Trinajstić information content (AvgIpc) is 2.30. The maximum absolute atomic E-state index is 5.72. The summed E-state index contributed by atoms with van der Waals surface area (Å²) in [5.74, 6) is 1.64. The van der Waals surface area contributed by atoms with Gasteiger partial charge in [0, 0.05) is 0 Å². The molecule has 0 radical (unpaired) electrons. The second kappa shape index (κ2) is 2.73. The first-order valence-electron chi connectivity index (χ1n) is 4.99. The van der Waals surface area contributed by atoms with Crippen LogP contribution >= 0.6 is 0 Å². The van der Waals surface area contributed by atoms with Crippen LogP contribution in [0.4, 0.5) is 0 Å². The fourth-order valence-corrected chi connectivity index (χ4v) is 2.39. The Kier molecular flexibility index (Phi) is 2.28. The van der Waals surface area contributed by atoms with E-state index in [0.29, 0.717) is 10.8 Å². The first-order chi connectivity index (χ1) is 5.29. The highest BCUT2D eigenvalue weighted by Gasteiger charge is 2.56. The maximum Gasteiger partial charge on any atom is -0.00408 e. The largest absolute Gasteiger partial charge is 0.330 e. The molecule has 0 saturated heterocycles. The van der Waals surface area contributed by atoms with E-state index in [9.17, 15) is 0 Å². The smallest absolute Gasteiger partial charge is 0.00408 e. The van der Waals surface area contributed by atoms with E-state index < -0.39 is 0 Å². The van der Waals surface area contributed by atoms with E-state index >= 15 is 0 Å². The molecule has 0 amide bonds. The minimum atomic E-state index is 0.464. The van der Waals surface area contributed by atoms with Gasteiger partial charge in [-0.05, 0) is 35.6 Å². The SMILES string of the molecule is CC(C)(C)C[C@H]1[C@H](CN)C1(C)C. The standard InChI is InChI=1S/C11H23N/c1-10(2,3)6-8-9(7-12)11(8,4)5/h8-9H,6-7,12H2,1-5H3/t8-,9-/m0/s1. The van der Waals surface area contributed by atoms with Crippen LogP contribution in [0.2, 0.25) is 0 Å². The number of hydrogen-bond acceptors (Lipinski definition) is 1. The molecule has 1 nitrogen and oxygen atoms in total. The monoisotopic (exact) mass is 169 g/mol. The highest BCUT2D eigenvalue weighted by molar-refractivity contribution is 5.06. The number of hydrogen-bond donors (Lipinski definition) is 1. The molecule has 0 aromatic heterocycles. The molecule has 0 heterocycles. The first kappa shape index (κ1) is 10.0. The van der Waals surface area contributed by atoms with Crippen molar-refractivity contribution in [3.05, 3.63) is 0 Å². The van der Waals surface area contributed by atoms with Gasteiger partial charge in [-0.2, -0.15) is 0 Å². The summed E-state index contributed by atoms with van der Waals surface area (Å²) in [6.07, 6.45) is 1.32. The molecule has 1 fully saturated rings. The van der Waals surface area contributed by atoms with Gasteiger partial charge in [-0.3, -0.25) is 0 Å². The third kappa shape index (κ3) is 1.82. The Balaban J connectivity index is 2.48. The van der Waals surface area contributed by atoms with Gasteiger partial charge in [-0.15, -0.1) is 0 Å². The Morgan fingerprint density at radius 3 is 1.92 bits per heavy atom. The van der Waals surface area contributed by atoms with Crippen molar-refractivity contribution in [2.24, 2.45) is 28.4 Å². The molecule has 0 spiro atoms. The van der Waals surface area contributed by atoms with E-state index in [-0.39, 0.29) is 0 Å². The van der Waals surface area contributed by atoms with Gasteiger partial charge in [0.15, 0.2) is 0 Å². The average molecular weight is 169 g/mol. The predicted octanol–water partition coefficient (Wildman–Crippen LogP) is 2.65. The van der Waals surface area contributed by atoms with Crippen molar-refractivity contribution in [2.45, 2.75) is 41.0 Å². The molecular weight excluding hydrogens is 146 g/mol. The molecule has 0 aromatic rings. The van der Waals surface area contributed by atoms with Crippen LogP contribution in [0.15, 0.2) is 0 Å². The fraction of sp³-hybridized carbons (Fsp3) is 1.00. The normalized spacial score (nSPS) is 33.5. The van der Waals surface area contributed by atoms with Gasteiger partial charge in [-0.25, -0.2) is 0 Å². The van der Waals surface area contributed by atoms with Crippen LogP contribution in [0.25, 0.3) is 0 Å². The zero-order valence-corrected chi connectivity index (χ0v) is 9.15. The second-order valence-electron chi connectivity index (χ2n) is 6.03. The Labute approximate surface area is 76.7 Å². The Hall–Kier alpha value is -0.0400. The van der Waals surface area contributed by atoms with Crippen LogP contribution < -0.4 is 5.73 Å². The van der Waals surface area contributed by atoms with Gasteiger partial charge < -0.3 is 5.73 Å². The predicted molar refractivity (Wildman–Crippen MR) is 53.9 cm³/mol. The topological polar surface area (TPSA) is 26.0 Å². The molecule has 0 aromatic carbocycles. The highest BCUT2D eigenvalue weighted by atomic mass is 14.7. The molecule has 1 aliphatic carbocycles. The lowest BCUT2D eigenvalue weighted by molar-refractivity contribution is 0.326. The minimum absolute atomic E-state index is 0.464. The summed E-state index contributed by atoms with van der Waals surface area (Å²) in [5.41, 5.74) is 6.70. The van der Waals surface area contributed by atoms with Crippen molar-refractivity contribution in [3.8, 4) is 0 Å². The Bertz CT molecular complexity index is 164. The lowest BCUT2D eigenvalue weighted by atomic mass is 9.87. The summed E-state index contributed by atoms with van der Waals surface area (Å²) in [6.45, 7) is 12.5. The summed E-state index contributed by atoms with van der Waals surface area (Å²) < 4.78 is 0. The molecule has 2 atom stereocenters. The van der Waals surface area contributed by atoms with Crippen LogP contribution in [0, 0.1) is 22.7 Å². The fourth-order valence-electron chi connectivity index (χ4n) is 2.39. The van der Waals surface area contributed by atoms with Gasteiger partial charge in [-0.1, -0.05) is 34.6 Å². The van der Waals surface area contributed by atoms with Crippen molar-refractivity contribution < 1.29 is 0 Å². The zero-order valence-electron chi connectivity index (χ0n) is 9.15. The van der Waals surface area contributed by atoms with Crippen molar-refractivity contribution in [3.63, 3.8) is 0 Å². The zero-order chi connectivity index (χ0) is 9.57. The first-order valence-corrected chi connectivity index (χ1v) is 4.99. The third-order valence-electron chi connectivity index (χ3n) is 3.37. The van der Waals surface area contributed by atoms with Gasteiger partial charge in [0.25, 0.3) is 0 Å². The van der Waals surface area contributed by atoms with Gasteiger partial charge in [0.2, 0.25) is 0 Å². The molecule has 1 rings (SSSR count). The molecule has 12 heavy (non-hydrogen) atoms. The quantitative estimate of drug-likeness (QED) is 0.675. The van der Waals surface area contributed by atoms with Crippen molar-refractivity contribution in [1.82, 2.24) is 0 Å². The summed E-state index contributed by atoms with van der Waals surface area (Å²) in [5, 5.41) is 0. The summed E-state index contributed by atoms with van der Waals surface area (Å²) >= 11 is 0. The maximum atomic E-state index is 5.72. The summed E-state index contributed by atoms with van der Waals surface area (Å²) in [6, 6.07) is 0. The Morgan fingerprint density at radius 2 is 1.67 bits per heavy atom. The third-order valence-corrected chi connectivity index (χ3v) is 3.37. The molecular formula is C11H23N. The minimum Gasteiger partial charge on any atom is -0.330 e. The van der Waals surface area contributed by atoms with Gasteiger partial charge in [0.05, 0.1) is 0 Å². The van der Waals surface area contributed by atoms with E-state index in [1.54, 1.807) is 0 Å². The van der Waals surface area contributed by atoms with E-state index in [1.165, 1.54) is 6.42 Å². The van der Waals surface area contributed by atoms with E-state index in [0.717, 1.165) is 18.4 Å². The van der Waals surface area contributed by atoms with E-state index in [4.69, 9.17) is 5.73 Å². The lowest BCUT2D eigenvalue weighted by Gasteiger charge is -2.18. The molecule has 1 aliphatic rings. The van der Waals surface area contributed by atoms with Crippen LogP contribution in [0.1, 0.15) is 41.0 Å². The molecule has 1 heteroatoms. The van der Waals surface area contributed by atoms with Crippen molar-refractivity contribution >= 4 is 0 Å². The number of nitrogens with two attached hydrogens (primary N) is 1. The molecule has 0 aliphatic heterocycles. The van der Waals surface area contributed by atoms with Crippen LogP contribution in [0.3, 0.4) is 0 Å². The van der Waals surface area contributed by atoms with Crippen LogP contribution in [-0.2, 0) is 0 Å². The van der Waals surface area contributed by atoms with Gasteiger partial charge in [0.1, 0.15) is 0 Å². The Morgan fingerprint density at radius 1 is 1.17 bits per heavy atom. The number of rotatable bonds is 2. The highest BCUT2D eigenvalue weighted by Crippen LogP contribution is 2.61.